The van der Waals surface area contributed by atoms with Crippen molar-refractivity contribution in [2.45, 2.75) is 0 Å². The van der Waals surface area contributed by atoms with Crippen LogP contribution in [-0.4, -0.2) is 30.5 Å². The summed E-state index contributed by atoms with van der Waals surface area (Å²) in [6, 6.07) is 6.97. The maximum atomic E-state index is 11.2. The highest BCUT2D eigenvalue weighted by atomic mass is 35.5. The summed E-state index contributed by atoms with van der Waals surface area (Å²) in [6.07, 6.45) is 0. The first-order valence-electron chi connectivity index (χ1n) is 4.42. The number of carbonyl (C=O) groups excluding carboxylic acids is 1. The fraction of sp³-hybridized carbons (Fsp3) is 0.300. The lowest BCUT2D eigenvalue weighted by atomic mass is 10.3. The molecular formula is C10H10ClNO2. The summed E-state index contributed by atoms with van der Waals surface area (Å²) in [4.78, 5) is 13.0. The lowest BCUT2D eigenvalue weighted by molar-refractivity contribution is -0.127. The van der Waals surface area contributed by atoms with Gasteiger partial charge in [-0.2, -0.15) is 0 Å². The second-order valence-corrected chi connectivity index (χ2v) is 3.56. The molecule has 0 N–H and O–H groups in total. The van der Waals surface area contributed by atoms with Crippen LogP contribution in [0.25, 0.3) is 0 Å². The van der Waals surface area contributed by atoms with E-state index in [1.54, 1.807) is 29.2 Å². The Hall–Kier alpha value is -1.22. The molecule has 0 spiro atoms. The van der Waals surface area contributed by atoms with Gasteiger partial charge < -0.3 is 9.64 Å². The molecule has 2 rings (SSSR count). The number of benzene rings is 1. The van der Waals surface area contributed by atoms with E-state index >= 15 is 0 Å². The maximum Gasteiger partial charge on any atom is 0.260 e. The normalized spacial score (nSPS) is 13.9. The molecule has 0 aromatic heterocycles. The van der Waals surface area contributed by atoms with E-state index in [4.69, 9.17) is 16.3 Å². The molecule has 1 aliphatic rings. The molecule has 1 amide bonds. The average molecular weight is 212 g/mol. The van der Waals surface area contributed by atoms with Crippen molar-refractivity contribution in [3.63, 3.8) is 0 Å². The van der Waals surface area contributed by atoms with Gasteiger partial charge in [0, 0.05) is 18.1 Å². The van der Waals surface area contributed by atoms with Gasteiger partial charge in [-0.05, 0) is 24.3 Å². The Balaban J connectivity index is 1.85. The second kappa shape index (κ2) is 3.88. The highest BCUT2D eigenvalue weighted by molar-refractivity contribution is 6.30. The van der Waals surface area contributed by atoms with Gasteiger partial charge in [-0.3, -0.25) is 4.79 Å². The summed E-state index contributed by atoms with van der Waals surface area (Å²) in [6.45, 7) is 1.84. The van der Waals surface area contributed by atoms with Gasteiger partial charge in [-0.15, -0.1) is 0 Å². The largest absolute Gasteiger partial charge is 0.484 e. The zero-order valence-electron chi connectivity index (χ0n) is 7.57. The first kappa shape index (κ1) is 9.34. The first-order valence-corrected chi connectivity index (χ1v) is 4.79. The molecule has 1 aliphatic heterocycles. The minimum absolute atomic E-state index is 0.0416. The van der Waals surface area contributed by atoms with Crippen molar-refractivity contribution >= 4 is 17.5 Å². The third kappa shape index (κ3) is 2.39. The molecule has 1 fully saturated rings. The van der Waals surface area contributed by atoms with Crippen LogP contribution in [0.4, 0.5) is 0 Å². The Morgan fingerprint density at radius 3 is 2.57 bits per heavy atom. The minimum atomic E-state index is 0.0416. The number of ether oxygens (including phenoxy) is 1. The lowest BCUT2D eigenvalue weighted by Gasteiger charge is -2.05. The Kier molecular flexibility index (Phi) is 2.59. The zero-order chi connectivity index (χ0) is 9.97. The summed E-state index contributed by atoms with van der Waals surface area (Å²) in [5.74, 6) is 0.713. The van der Waals surface area contributed by atoms with E-state index in [0.717, 1.165) is 13.1 Å². The van der Waals surface area contributed by atoms with Gasteiger partial charge in [0.2, 0.25) is 0 Å². The van der Waals surface area contributed by atoms with Gasteiger partial charge >= 0.3 is 0 Å². The topological polar surface area (TPSA) is 29.3 Å². The van der Waals surface area contributed by atoms with Crippen LogP contribution in [0.2, 0.25) is 5.02 Å². The molecule has 14 heavy (non-hydrogen) atoms. The summed E-state index contributed by atoms with van der Waals surface area (Å²) in [5, 5.41) is 0.662. The van der Waals surface area contributed by atoms with Crippen molar-refractivity contribution in [1.82, 2.24) is 4.90 Å². The molecule has 0 unspecified atom stereocenters. The summed E-state index contributed by atoms with van der Waals surface area (Å²) >= 11 is 5.70. The van der Waals surface area contributed by atoms with E-state index in [9.17, 15) is 4.79 Å². The third-order valence-electron chi connectivity index (χ3n) is 1.98. The number of hydrogen-bond acceptors (Lipinski definition) is 2. The highest BCUT2D eigenvalue weighted by Crippen LogP contribution is 2.15. The Morgan fingerprint density at radius 2 is 2.00 bits per heavy atom. The smallest absolute Gasteiger partial charge is 0.260 e. The first-order chi connectivity index (χ1) is 6.75. The van der Waals surface area contributed by atoms with Gasteiger partial charge in [-0.25, -0.2) is 0 Å². The predicted molar refractivity (Wildman–Crippen MR) is 53.5 cm³/mol. The lowest BCUT2D eigenvalue weighted by Crippen LogP contribution is -2.19. The van der Waals surface area contributed by atoms with Gasteiger partial charge in [-0.1, -0.05) is 11.6 Å². The number of halogens is 1. The number of hydrogen-bond donors (Lipinski definition) is 0. The van der Waals surface area contributed by atoms with E-state index < -0.39 is 0 Å². The summed E-state index contributed by atoms with van der Waals surface area (Å²) in [5.41, 5.74) is 0. The van der Waals surface area contributed by atoms with Crippen LogP contribution in [0.5, 0.6) is 5.75 Å². The standard InChI is InChI=1S/C10H10ClNO2/c11-8-1-3-9(4-2-8)14-7-10(13)12-5-6-12/h1-4H,5-7H2. The fourth-order valence-corrected chi connectivity index (χ4v) is 1.19. The van der Waals surface area contributed by atoms with Crippen molar-refractivity contribution in [3.8, 4) is 5.75 Å². The van der Waals surface area contributed by atoms with Crippen LogP contribution in [0.15, 0.2) is 24.3 Å². The quantitative estimate of drug-likeness (QED) is 0.711. The molecule has 3 nitrogen and oxygen atoms in total. The van der Waals surface area contributed by atoms with E-state index in [-0.39, 0.29) is 12.5 Å². The molecule has 1 aromatic rings. The van der Waals surface area contributed by atoms with Crippen molar-refractivity contribution in [2.24, 2.45) is 0 Å². The molecule has 4 heteroatoms. The van der Waals surface area contributed by atoms with Crippen LogP contribution in [0.1, 0.15) is 0 Å². The number of carbonyl (C=O) groups is 1. The van der Waals surface area contributed by atoms with Gasteiger partial charge in [0.1, 0.15) is 5.75 Å². The van der Waals surface area contributed by atoms with Crippen molar-refractivity contribution < 1.29 is 9.53 Å². The molecule has 1 saturated heterocycles. The Morgan fingerprint density at radius 1 is 1.36 bits per heavy atom. The molecule has 0 atom stereocenters. The highest BCUT2D eigenvalue weighted by Gasteiger charge is 2.23. The molecule has 0 bridgehead atoms. The van der Waals surface area contributed by atoms with E-state index in [2.05, 4.69) is 0 Å². The molecule has 0 aliphatic carbocycles. The maximum absolute atomic E-state index is 11.2. The minimum Gasteiger partial charge on any atom is -0.484 e. The monoisotopic (exact) mass is 211 g/mol. The predicted octanol–water partition coefficient (Wildman–Crippen LogP) is 1.56. The van der Waals surface area contributed by atoms with E-state index in [1.165, 1.54) is 0 Å². The molecular weight excluding hydrogens is 202 g/mol. The zero-order valence-corrected chi connectivity index (χ0v) is 8.33. The summed E-state index contributed by atoms with van der Waals surface area (Å²) in [7, 11) is 0. The van der Waals surface area contributed by atoms with E-state index in [0.29, 0.717) is 10.8 Å². The van der Waals surface area contributed by atoms with Crippen molar-refractivity contribution in [2.75, 3.05) is 19.7 Å². The molecule has 74 valence electrons. The Labute approximate surface area is 87.2 Å². The second-order valence-electron chi connectivity index (χ2n) is 3.12. The molecule has 0 radical (unpaired) electrons. The number of nitrogens with zero attached hydrogens (tertiary/aromatic N) is 1. The van der Waals surface area contributed by atoms with Crippen LogP contribution < -0.4 is 4.74 Å². The van der Waals surface area contributed by atoms with Crippen LogP contribution in [0.3, 0.4) is 0 Å². The van der Waals surface area contributed by atoms with Gasteiger partial charge in [0.25, 0.3) is 5.91 Å². The fourth-order valence-electron chi connectivity index (χ4n) is 1.07. The number of amides is 1. The molecule has 1 aromatic carbocycles. The summed E-state index contributed by atoms with van der Waals surface area (Å²) < 4.78 is 5.27. The number of rotatable bonds is 3. The third-order valence-corrected chi connectivity index (χ3v) is 2.23. The SMILES string of the molecule is O=C(COc1ccc(Cl)cc1)N1CC1. The van der Waals surface area contributed by atoms with Gasteiger partial charge in [0.15, 0.2) is 6.61 Å². The molecule has 1 heterocycles. The van der Waals surface area contributed by atoms with E-state index in [1.807, 2.05) is 0 Å². The molecule has 0 saturated carbocycles. The van der Waals surface area contributed by atoms with Crippen LogP contribution >= 0.6 is 11.6 Å². The van der Waals surface area contributed by atoms with Crippen molar-refractivity contribution in [3.05, 3.63) is 29.3 Å². The average Bonchev–Trinajstić information content (AvgIpc) is 3.00. The van der Waals surface area contributed by atoms with Crippen LogP contribution in [-0.2, 0) is 4.79 Å². The Bertz CT molecular complexity index is 332. The van der Waals surface area contributed by atoms with Crippen molar-refractivity contribution in [1.29, 1.82) is 0 Å². The van der Waals surface area contributed by atoms with Crippen LogP contribution in [0, 0.1) is 0 Å². The van der Waals surface area contributed by atoms with Gasteiger partial charge in [0.05, 0.1) is 0 Å².